The first-order valence-electron chi connectivity index (χ1n) is 24.8. The number of hydroxylamine groups is 2. The zero-order valence-corrected chi connectivity index (χ0v) is 42.7. The van der Waals surface area contributed by atoms with Crippen molar-refractivity contribution in [3.8, 4) is 22.3 Å². The van der Waals surface area contributed by atoms with Crippen LogP contribution in [-0.2, 0) is 12.4 Å². The molecule has 1 N–H and O–H groups in total. The first kappa shape index (κ1) is 55.5. The maximum Gasteiger partial charge on any atom is 0.416 e. The molecule has 18 heteroatoms. The van der Waals surface area contributed by atoms with E-state index in [2.05, 4.69) is 0 Å². The van der Waals surface area contributed by atoms with Gasteiger partial charge in [0.05, 0.1) is 28.5 Å². The van der Waals surface area contributed by atoms with Crippen molar-refractivity contribution in [1.82, 2.24) is 24.7 Å². The van der Waals surface area contributed by atoms with Crippen LogP contribution in [-0.4, -0.2) is 123 Å². The first-order chi connectivity index (χ1) is 36.4. The molecule has 4 amide bonds. The molecule has 4 aliphatic heterocycles. The van der Waals surface area contributed by atoms with Crippen LogP contribution in [0.15, 0.2) is 158 Å². The van der Waals surface area contributed by atoms with Gasteiger partial charge in [0.15, 0.2) is 0 Å². The molecule has 0 aromatic heterocycles. The summed E-state index contributed by atoms with van der Waals surface area (Å²) < 4.78 is 78.0. The molecule has 10 rings (SSSR count). The highest BCUT2D eigenvalue weighted by Gasteiger charge is 2.41. The fourth-order valence-electron chi connectivity index (χ4n) is 10.0. The second-order valence-electron chi connectivity index (χ2n) is 19.3. The van der Waals surface area contributed by atoms with E-state index in [4.69, 9.17) is 23.2 Å². The van der Waals surface area contributed by atoms with E-state index in [1.807, 2.05) is 58.3 Å². The van der Waals surface area contributed by atoms with Crippen molar-refractivity contribution in [2.45, 2.75) is 43.7 Å². The van der Waals surface area contributed by atoms with Gasteiger partial charge in [-0.25, -0.2) is 0 Å². The third kappa shape index (κ3) is 13.6. The van der Waals surface area contributed by atoms with E-state index in [1.165, 1.54) is 17.2 Å². The lowest BCUT2D eigenvalue weighted by Gasteiger charge is -2.44. The van der Waals surface area contributed by atoms with Crippen LogP contribution >= 0.6 is 23.2 Å². The summed E-state index contributed by atoms with van der Waals surface area (Å²) in [6.07, 6.45) is -6.18. The number of carbonyl (C=O) groups is 4. The standard InChI is InChI=1S/C29H27F3N2O2.C28H26F3N3O3.CH2Cl2/c30-29(31,32)26-8-4-7-25(16-26)22-9-11-24(12-10-22)28(36)34-18-21(19-34)15-20-13-14-33(17-20)27(35)23-5-2-1-3-6-23;29-28(30,31)23-8-4-7-22(15-23)19-9-11-21(12-10-19)27(36)33-17-25(18-33)34(37)24-13-14-32(16-24)26(35)20-5-2-1-3-6-20;2-1-3/h1-12,16,20-21H,13-15,17-19H2;1-12,15,24-25,37H,13-14,16-18H2;1H2/t20-;24-;/m10./s1. The molecule has 4 fully saturated rings. The molecule has 0 bridgehead atoms. The van der Waals surface area contributed by atoms with E-state index < -0.39 is 23.5 Å². The summed E-state index contributed by atoms with van der Waals surface area (Å²) in [5.74, 6) is 0.635. The van der Waals surface area contributed by atoms with Crippen LogP contribution in [0.5, 0.6) is 0 Å². The van der Waals surface area contributed by atoms with Crippen molar-refractivity contribution in [3.05, 3.63) is 191 Å². The van der Waals surface area contributed by atoms with Crippen LogP contribution in [0.1, 0.15) is 71.8 Å². The molecule has 76 heavy (non-hydrogen) atoms. The van der Waals surface area contributed by atoms with Crippen LogP contribution in [0.3, 0.4) is 0 Å². The average Bonchev–Trinajstić information content (AvgIpc) is 4.11. The van der Waals surface area contributed by atoms with Crippen LogP contribution < -0.4 is 0 Å². The van der Waals surface area contributed by atoms with Gasteiger partial charge < -0.3 is 24.8 Å². The average molecular weight is 1090 g/mol. The Kier molecular flexibility index (Phi) is 17.9. The van der Waals surface area contributed by atoms with E-state index in [1.54, 1.807) is 82.6 Å². The number of carbonyl (C=O) groups excluding carboxylic acids is 4. The van der Waals surface area contributed by atoms with Crippen LogP contribution in [0.25, 0.3) is 22.3 Å². The highest BCUT2D eigenvalue weighted by molar-refractivity contribution is 6.40. The van der Waals surface area contributed by atoms with Crippen molar-refractivity contribution in [3.63, 3.8) is 0 Å². The minimum absolute atomic E-state index is 0.0597. The van der Waals surface area contributed by atoms with Gasteiger partial charge >= 0.3 is 12.4 Å². The zero-order valence-electron chi connectivity index (χ0n) is 41.1. The number of benzene rings is 6. The van der Waals surface area contributed by atoms with Crippen molar-refractivity contribution < 1.29 is 50.7 Å². The summed E-state index contributed by atoms with van der Waals surface area (Å²) in [5.41, 5.74) is 2.99. The van der Waals surface area contributed by atoms with Crippen molar-refractivity contribution in [2.75, 3.05) is 57.7 Å². The second kappa shape index (κ2) is 24.5. The second-order valence-corrected chi connectivity index (χ2v) is 20.1. The number of amides is 4. The lowest BCUT2D eigenvalue weighted by Crippen LogP contribution is -2.62. The normalized spacial score (nSPS) is 17.8. The van der Waals surface area contributed by atoms with E-state index in [-0.39, 0.29) is 41.1 Å². The Bertz CT molecular complexity index is 2940. The largest absolute Gasteiger partial charge is 0.416 e. The van der Waals surface area contributed by atoms with E-state index in [0.29, 0.717) is 96.5 Å². The van der Waals surface area contributed by atoms with Gasteiger partial charge in [0.2, 0.25) is 0 Å². The molecule has 10 nitrogen and oxygen atoms in total. The van der Waals surface area contributed by atoms with Crippen molar-refractivity contribution in [1.29, 1.82) is 0 Å². The lowest BCUT2D eigenvalue weighted by molar-refractivity contribution is -0.182. The summed E-state index contributed by atoms with van der Waals surface area (Å²) >= 11 is 9.53. The topological polar surface area (TPSA) is 105 Å². The number of halogens is 8. The minimum atomic E-state index is -4.42. The Hall–Kier alpha value is -6.72. The van der Waals surface area contributed by atoms with Gasteiger partial charge in [-0.15, -0.1) is 23.2 Å². The monoisotopic (exact) mass is 1090 g/mol. The van der Waals surface area contributed by atoms with Gasteiger partial charge in [-0.1, -0.05) is 84.9 Å². The molecular formula is C58H55Cl2F6N5O5. The summed E-state index contributed by atoms with van der Waals surface area (Å²) in [5, 5.41) is 12.2. The molecule has 4 saturated heterocycles. The van der Waals surface area contributed by atoms with E-state index >= 15 is 0 Å². The van der Waals surface area contributed by atoms with Crippen LogP contribution in [0.2, 0.25) is 0 Å². The van der Waals surface area contributed by atoms with Gasteiger partial charge in [-0.05, 0) is 126 Å². The Morgan fingerprint density at radius 1 is 0.447 bits per heavy atom. The third-order valence-electron chi connectivity index (χ3n) is 14.2. The molecule has 0 radical (unpaired) electrons. The van der Waals surface area contributed by atoms with Crippen LogP contribution in [0.4, 0.5) is 26.3 Å². The molecule has 0 aliphatic carbocycles. The number of alkyl halides is 8. The molecule has 6 aromatic carbocycles. The van der Waals surface area contributed by atoms with Gasteiger partial charge in [-0.2, -0.15) is 31.4 Å². The highest BCUT2D eigenvalue weighted by atomic mass is 35.5. The molecule has 0 saturated carbocycles. The summed E-state index contributed by atoms with van der Waals surface area (Å²) in [6.45, 7) is 4.60. The molecule has 0 spiro atoms. The van der Waals surface area contributed by atoms with Gasteiger partial charge in [0, 0.05) is 74.6 Å². The van der Waals surface area contributed by atoms with Gasteiger partial charge in [-0.3, -0.25) is 19.2 Å². The minimum Gasteiger partial charge on any atom is -0.338 e. The summed E-state index contributed by atoms with van der Waals surface area (Å²) in [7, 11) is 0. The molecule has 398 valence electrons. The summed E-state index contributed by atoms with van der Waals surface area (Å²) in [6, 6.07) is 41.4. The molecule has 0 unspecified atom stereocenters. The fraction of sp³-hybridized carbons (Fsp3) is 0.310. The van der Waals surface area contributed by atoms with Crippen LogP contribution in [0, 0.1) is 11.8 Å². The molecule has 6 aromatic rings. The Balaban J connectivity index is 0.000000192. The zero-order chi connectivity index (χ0) is 54.1. The Morgan fingerprint density at radius 3 is 1.26 bits per heavy atom. The van der Waals surface area contributed by atoms with Crippen molar-refractivity contribution >= 4 is 46.8 Å². The smallest absolute Gasteiger partial charge is 0.338 e. The maximum absolute atomic E-state index is 13.0. The van der Waals surface area contributed by atoms with E-state index in [9.17, 15) is 50.7 Å². The number of likely N-dealkylation sites (tertiary alicyclic amines) is 4. The third-order valence-corrected chi connectivity index (χ3v) is 14.2. The predicted octanol–water partition coefficient (Wildman–Crippen LogP) is 12.2. The molecule has 2 atom stereocenters. The lowest BCUT2D eigenvalue weighted by atomic mass is 9.87. The maximum atomic E-state index is 13.0. The quantitative estimate of drug-likeness (QED) is 0.0832. The number of hydrogen-bond donors (Lipinski definition) is 1. The van der Waals surface area contributed by atoms with Crippen molar-refractivity contribution in [2.24, 2.45) is 11.8 Å². The summed E-state index contributed by atoms with van der Waals surface area (Å²) in [4.78, 5) is 58.1. The fourth-order valence-corrected chi connectivity index (χ4v) is 10.0. The SMILES string of the molecule is ClCCl.O=C(c1ccc(-c2cccc(C(F)(F)F)c2)cc1)N1CC(C[C@H]2CCN(C(=O)c3ccccc3)C2)C1.O=C(c1ccc(-c2cccc(C(F)(F)F)c2)cc1)N1CC(N(O)[C@H]2CCN(C(=O)c3ccccc3)C2)C1. The number of hydrogen-bond acceptors (Lipinski definition) is 6. The number of nitrogens with zero attached hydrogens (tertiary/aromatic N) is 5. The van der Waals surface area contributed by atoms with Gasteiger partial charge in [0.25, 0.3) is 23.6 Å². The first-order valence-corrected chi connectivity index (χ1v) is 25.9. The Morgan fingerprint density at radius 2 is 0.816 bits per heavy atom. The van der Waals surface area contributed by atoms with E-state index in [0.717, 1.165) is 55.8 Å². The number of rotatable bonds is 10. The molecular weight excluding hydrogens is 1030 g/mol. The predicted molar refractivity (Wildman–Crippen MR) is 279 cm³/mol. The van der Waals surface area contributed by atoms with Gasteiger partial charge in [0.1, 0.15) is 0 Å². The molecule has 4 heterocycles. The molecule has 4 aliphatic rings. The highest BCUT2D eigenvalue weighted by Crippen LogP contribution is 2.35. The Labute approximate surface area is 447 Å².